The average molecular weight is 285 g/mol. The molecule has 0 aliphatic carbocycles. The first-order chi connectivity index (χ1) is 6.28. The summed E-state index contributed by atoms with van der Waals surface area (Å²) in [5.74, 6) is -1.79. The summed E-state index contributed by atoms with van der Waals surface area (Å²) >= 11 is 16.2. The summed E-state index contributed by atoms with van der Waals surface area (Å²) < 4.78 is 19.3. The molecule has 0 amide bonds. The first kappa shape index (κ1) is 15.0. The third kappa shape index (κ3) is 4.23. The van der Waals surface area contributed by atoms with Crippen LogP contribution < -0.4 is 0 Å². The van der Waals surface area contributed by atoms with Crippen LogP contribution in [0.1, 0.15) is 13.8 Å². The fourth-order valence-electron chi connectivity index (χ4n) is 0.718. The van der Waals surface area contributed by atoms with E-state index in [-0.39, 0.29) is 13.2 Å². The molecule has 0 spiro atoms. The molecule has 4 nitrogen and oxygen atoms in total. The maximum atomic E-state index is 11.8. The van der Waals surface area contributed by atoms with Crippen LogP contribution in [0.15, 0.2) is 0 Å². The minimum Gasteiger partial charge on any atom is -0.377 e. The number of hydrogen-bond acceptors (Lipinski definition) is 4. The molecule has 0 aromatic carbocycles. The zero-order chi connectivity index (χ0) is 11.4. The maximum Gasteiger partial charge on any atom is 0.363 e. The standard InChI is InChI=1S/C6H12Cl3O4P/c1-3-12-14(11,13-4-2)5(10)6(7,8)9/h5,10H,3-4H2,1-2H3/t5-/m1/s1. The molecular weight excluding hydrogens is 273 g/mol. The van der Waals surface area contributed by atoms with E-state index in [1.54, 1.807) is 13.8 Å². The van der Waals surface area contributed by atoms with Crippen LogP contribution in [-0.2, 0) is 13.6 Å². The first-order valence-corrected chi connectivity index (χ1v) is 6.66. The van der Waals surface area contributed by atoms with Gasteiger partial charge in [-0.3, -0.25) is 4.57 Å². The molecular formula is C6H12Cl3O4P. The van der Waals surface area contributed by atoms with Gasteiger partial charge in [0, 0.05) is 0 Å². The summed E-state index contributed by atoms with van der Waals surface area (Å²) in [5.41, 5.74) is 0. The van der Waals surface area contributed by atoms with E-state index in [9.17, 15) is 9.67 Å². The number of alkyl halides is 3. The molecule has 1 atom stereocenters. The van der Waals surface area contributed by atoms with Gasteiger partial charge in [-0.2, -0.15) is 0 Å². The second-order valence-electron chi connectivity index (χ2n) is 2.29. The molecule has 0 fully saturated rings. The second-order valence-corrected chi connectivity index (χ2v) is 6.74. The lowest BCUT2D eigenvalue weighted by atomic mass is 10.8. The lowest BCUT2D eigenvalue weighted by Crippen LogP contribution is -2.27. The van der Waals surface area contributed by atoms with Crippen LogP contribution in [0, 0.1) is 0 Å². The van der Waals surface area contributed by atoms with E-state index in [1.165, 1.54) is 0 Å². The molecule has 0 aliphatic heterocycles. The Balaban J connectivity index is 4.73. The molecule has 0 aromatic rings. The molecule has 1 N–H and O–H groups in total. The van der Waals surface area contributed by atoms with Crippen molar-refractivity contribution in [2.24, 2.45) is 0 Å². The smallest absolute Gasteiger partial charge is 0.363 e. The highest BCUT2D eigenvalue weighted by Gasteiger charge is 2.47. The number of aliphatic hydroxyl groups excluding tert-OH is 1. The normalized spacial score (nSPS) is 15.6. The van der Waals surface area contributed by atoms with Crippen molar-refractivity contribution in [2.45, 2.75) is 23.5 Å². The molecule has 0 aromatic heterocycles. The quantitative estimate of drug-likeness (QED) is 0.623. The minimum atomic E-state index is -3.77. The highest BCUT2D eigenvalue weighted by atomic mass is 35.6. The Morgan fingerprint density at radius 3 is 1.86 bits per heavy atom. The van der Waals surface area contributed by atoms with Crippen molar-refractivity contribution in [1.29, 1.82) is 0 Å². The van der Waals surface area contributed by atoms with Crippen LogP contribution in [0.5, 0.6) is 0 Å². The number of hydrogen-bond donors (Lipinski definition) is 1. The monoisotopic (exact) mass is 284 g/mol. The summed E-state index contributed by atoms with van der Waals surface area (Å²) in [6.45, 7) is 3.37. The Morgan fingerprint density at radius 1 is 1.29 bits per heavy atom. The minimum absolute atomic E-state index is 0.0923. The van der Waals surface area contributed by atoms with Crippen LogP contribution in [0.3, 0.4) is 0 Å². The first-order valence-electron chi connectivity index (χ1n) is 3.91. The van der Waals surface area contributed by atoms with Crippen LogP contribution in [0.2, 0.25) is 0 Å². The third-order valence-corrected chi connectivity index (χ3v) is 4.51. The van der Waals surface area contributed by atoms with Gasteiger partial charge in [0.15, 0.2) is 0 Å². The molecule has 14 heavy (non-hydrogen) atoms. The zero-order valence-corrected chi connectivity index (χ0v) is 10.9. The predicted octanol–water partition coefficient (Wildman–Crippen LogP) is 2.94. The van der Waals surface area contributed by atoms with E-state index < -0.39 is 17.2 Å². The molecule has 0 aliphatic rings. The fourth-order valence-corrected chi connectivity index (χ4v) is 3.23. The Labute approximate surface area is 98.0 Å². The second kappa shape index (κ2) is 5.90. The highest BCUT2D eigenvalue weighted by molar-refractivity contribution is 7.55. The molecule has 0 saturated carbocycles. The average Bonchev–Trinajstić information content (AvgIpc) is 2.02. The van der Waals surface area contributed by atoms with Crippen molar-refractivity contribution in [3.8, 4) is 0 Å². The van der Waals surface area contributed by atoms with E-state index in [2.05, 4.69) is 0 Å². The van der Waals surface area contributed by atoms with Gasteiger partial charge in [-0.15, -0.1) is 0 Å². The van der Waals surface area contributed by atoms with Crippen molar-refractivity contribution in [2.75, 3.05) is 13.2 Å². The van der Waals surface area contributed by atoms with Gasteiger partial charge in [0.2, 0.25) is 9.64 Å². The van der Waals surface area contributed by atoms with Gasteiger partial charge in [-0.25, -0.2) is 0 Å². The van der Waals surface area contributed by atoms with E-state index >= 15 is 0 Å². The summed E-state index contributed by atoms with van der Waals surface area (Å²) in [7, 11) is -3.77. The van der Waals surface area contributed by atoms with Crippen LogP contribution >= 0.6 is 42.4 Å². The highest BCUT2D eigenvalue weighted by Crippen LogP contribution is 2.58. The van der Waals surface area contributed by atoms with Gasteiger partial charge in [-0.05, 0) is 13.8 Å². The molecule has 0 rings (SSSR count). The number of halogens is 3. The van der Waals surface area contributed by atoms with Crippen molar-refractivity contribution in [3.63, 3.8) is 0 Å². The summed E-state index contributed by atoms with van der Waals surface area (Å²) in [6, 6.07) is 0. The zero-order valence-electron chi connectivity index (χ0n) is 7.74. The summed E-state index contributed by atoms with van der Waals surface area (Å²) in [6.07, 6.45) is 0. The van der Waals surface area contributed by atoms with Gasteiger partial charge in [0.25, 0.3) is 0 Å². The van der Waals surface area contributed by atoms with Gasteiger partial charge in [0.1, 0.15) is 0 Å². The van der Waals surface area contributed by atoms with Crippen LogP contribution in [-0.4, -0.2) is 28.0 Å². The van der Waals surface area contributed by atoms with Crippen LogP contribution in [0.25, 0.3) is 0 Å². The van der Waals surface area contributed by atoms with Gasteiger partial charge in [0.05, 0.1) is 13.2 Å². The summed E-state index contributed by atoms with van der Waals surface area (Å²) in [5, 5.41) is 9.46. The molecule has 0 heterocycles. The molecule has 0 bridgehead atoms. The Kier molecular flexibility index (Phi) is 6.31. The van der Waals surface area contributed by atoms with E-state index in [0.717, 1.165) is 0 Å². The topological polar surface area (TPSA) is 55.8 Å². The molecule has 86 valence electrons. The lowest BCUT2D eigenvalue weighted by Gasteiger charge is -2.26. The molecule has 8 heteroatoms. The maximum absolute atomic E-state index is 11.8. The summed E-state index contributed by atoms with van der Waals surface area (Å²) in [4.78, 5) is 0. The molecule has 0 saturated heterocycles. The van der Waals surface area contributed by atoms with E-state index in [4.69, 9.17) is 43.9 Å². The van der Waals surface area contributed by atoms with Crippen molar-refractivity contribution < 1.29 is 18.7 Å². The molecule has 0 unspecified atom stereocenters. The number of rotatable bonds is 5. The van der Waals surface area contributed by atoms with E-state index in [1.807, 2.05) is 0 Å². The Morgan fingerprint density at radius 2 is 1.64 bits per heavy atom. The van der Waals surface area contributed by atoms with Crippen molar-refractivity contribution in [3.05, 3.63) is 0 Å². The van der Waals surface area contributed by atoms with Gasteiger partial charge in [-0.1, -0.05) is 34.8 Å². The largest absolute Gasteiger partial charge is 0.377 e. The van der Waals surface area contributed by atoms with Crippen molar-refractivity contribution in [1.82, 2.24) is 0 Å². The van der Waals surface area contributed by atoms with Crippen LogP contribution in [0.4, 0.5) is 0 Å². The lowest BCUT2D eigenvalue weighted by molar-refractivity contribution is 0.151. The van der Waals surface area contributed by atoms with Gasteiger partial charge < -0.3 is 14.2 Å². The fraction of sp³-hybridized carbons (Fsp3) is 1.00. The third-order valence-electron chi connectivity index (χ3n) is 1.21. The SMILES string of the molecule is CCOP(=O)(OCC)[C@@H](O)C(Cl)(Cl)Cl. The molecule has 0 radical (unpaired) electrons. The predicted molar refractivity (Wildman–Crippen MR) is 57.2 cm³/mol. The van der Waals surface area contributed by atoms with Gasteiger partial charge >= 0.3 is 7.60 Å². The van der Waals surface area contributed by atoms with E-state index in [0.29, 0.717) is 0 Å². The Hall–Kier alpha value is 0.980. The van der Waals surface area contributed by atoms with Crippen molar-refractivity contribution >= 4 is 42.4 Å². The Bertz CT molecular complexity index is 208. The number of aliphatic hydroxyl groups is 1.